The van der Waals surface area contributed by atoms with Gasteiger partial charge in [0.15, 0.2) is 11.5 Å². The van der Waals surface area contributed by atoms with E-state index in [1.807, 2.05) is 56.3 Å². The van der Waals surface area contributed by atoms with Crippen LogP contribution in [0.5, 0.6) is 17.2 Å². The fourth-order valence-corrected chi connectivity index (χ4v) is 3.41. The van der Waals surface area contributed by atoms with Gasteiger partial charge in [0.25, 0.3) is 0 Å². The van der Waals surface area contributed by atoms with Crippen LogP contribution in [0.1, 0.15) is 38.3 Å². The monoisotopic (exact) mass is 426 g/mol. The first-order valence-corrected chi connectivity index (χ1v) is 10.5. The largest absolute Gasteiger partial charge is 0.497 e. The van der Waals surface area contributed by atoms with Crippen molar-refractivity contribution in [1.82, 2.24) is 10.2 Å². The molecule has 0 aromatic heterocycles. The minimum atomic E-state index is -0.589. The average molecular weight is 427 g/mol. The highest BCUT2D eigenvalue weighted by Crippen LogP contribution is 2.32. The van der Waals surface area contributed by atoms with Crippen molar-refractivity contribution in [2.75, 3.05) is 13.9 Å². The summed E-state index contributed by atoms with van der Waals surface area (Å²) in [5.74, 6) is 1.91. The molecule has 0 saturated carbocycles. The number of nitrogens with zero attached hydrogens (tertiary/aromatic N) is 1. The van der Waals surface area contributed by atoms with Gasteiger partial charge in [0.2, 0.25) is 18.6 Å². The van der Waals surface area contributed by atoms with E-state index >= 15 is 0 Å². The summed E-state index contributed by atoms with van der Waals surface area (Å²) in [5.41, 5.74) is 1.92. The second kappa shape index (κ2) is 10.2. The molecule has 1 N–H and O–H groups in total. The van der Waals surface area contributed by atoms with Crippen LogP contribution in [-0.2, 0) is 22.6 Å². The fourth-order valence-electron chi connectivity index (χ4n) is 3.41. The molecule has 0 radical (unpaired) electrons. The van der Waals surface area contributed by atoms with Gasteiger partial charge in [-0.3, -0.25) is 9.59 Å². The molecule has 0 fully saturated rings. The van der Waals surface area contributed by atoms with Gasteiger partial charge in [-0.1, -0.05) is 18.2 Å². The Kier molecular flexibility index (Phi) is 7.39. The number of rotatable bonds is 9. The van der Waals surface area contributed by atoms with Gasteiger partial charge in [0.05, 0.1) is 7.11 Å². The number of hydrogen-bond donors (Lipinski definition) is 1. The Morgan fingerprint density at radius 2 is 1.71 bits per heavy atom. The molecule has 1 unspecified atom stereocenters. The van der Waals surface area contributed by atoms with Gasteiger partial charge in [-0.05, 0) is 62.6 Å². The lowest BCUT2D eigenvalue weighted by molar-refractivity contribution is -0.140. The Balaban J connectivity index is 1.71. The summed E-state index contributed by atoms with van der Waals surface area (Å²) in [6.07, 6.45) is 0.836. The van der Waals surface area contributed by atoms with E-state index in [1.165, 1.54) is 0 Å². The third-order valence-electron chi connectivity index (χ3n) is 5.17. The van der Waals surface area contributed by atoms with Crippen molar-refractivity contribution in [3.05, 3.63) is 53.6 Å². The molecule has 2 aromatic rings. The summed E-state index contributed by atoms with van der Waals surface area (Å²) in [6.45, 7) is 6.13. The molecule has 7 nitrogen and oxygen atoms in total. The van der Waals surface area contributed by atoms with Crippen LogP contribution in [0.2, 0.25) is 0 Å². The van der Waals surface area contributed by atoms with Gasteiger partial charge >= 0.3 is 0 Å². The van der Waals surface area contributed by atoms with Gasteiger partial charge in [0, 0.05) is 19.0 Å². The van der Waals surface area contributed by atoms with Crippen molar-refractivity contribution >= 4 is 11.8 Å². The van der Waals surface area contributed by atoms with E-state index in [-0.39, 0.29) is 31.1 Å². The van der Waals surface area contributed by atoms with Crippen molar-refractivity contribution in [3.8, 4) is 17.2 Å². The van der Waals surface area contributed by atoms with E-state index in [0.29, 0.717) is 18.7 Å². The van der Waals surface area contributed by atoms with Crippen LogP contribution in [0.3, 0.4) is 0 Å². The molecular formula is C24H30N2O5. The number of fused-ring (bicyclic) bond motifs is 1. The number of amides is 2. The standard InChI is InChI=1S/C24H30N2O5/c1-16(2)25-24(28)17(3)26(14-19-5-9-20(29-4)10-6-19)23(27)12-8-18-7-11-21-22(13-18)31-15-30-21/h5-7,9-11,13,16-17H,8,12,14-15H2,1-4H3,(H,25,28). The van der Waals surface area contributed by atoms with Crippen molar-refractivity contribution in [2.45, 2.75) is 52.2 Å². The number of benzene rings is 2. The van der Waals surface area contributed by atoms with Crippen LogP contribution in [-0.4, -0.2) is 42.7 Å². The van der Waals surface area contributed by atoms with Gasteiger partial charge in [0.1, 0.15) is 11.8 Å². The lowest BCUT2D eigenvalue weighted by atomic mass is 10.1. The van der Waals surface area contributed by atoms with Crippen molar-refractivity contribution in [1.29, 1.82) is 0 Å². The van der Waals surface area contributed by atoms with Crippen LogP contribution in [0.25, 0.3) is 0 Å². The van der Waals surface area contributed by atoms with E-state index in [4.69, 9.17) is 14.2 Å². The molecule has 7 heteroatoms. The lowest BCUT2D eigenvalue weighted by Crippen LogP contribution is -2.49. The third-order valence-corrected chi connectivity index (χ3v) is 5.17. The predicted octanol–water partition coefficient (Wildman–Crippen LogP) is 3.30. The number of hydrogen-bond acceptors (Lipinski definition) is 5. The highest BCUT2D eigenvalue weighted by Gasteiger charge is 2.26. The molecule has 0 saturated heterocycles. The van der Waals surface area contributed by atoms with E-state index in [1.54, 1.807) is 18.9 Å². The first kappa shape index (κ1) is 22.5. The van der Waals surface area contributed by atoms with Gasteiger partial charge in [-0.2, -0.15) is 0 Å². The molecule has 2 amide bonds. The number of aryl methyl sites for hydroxylation is 1. The molecule has 1 aliphatic rings. The molecule has 2 aromatic carbocycles. The average Bonchev–Trinajstić information content (AvgIpc) is 3.23. The zero-order valence-electron chi connectivity index (χ0n) is 18.5. The minimum Gasteiger partial charge on any atom is -0.497 e. The molecule has 0 aliphatic carbocycles. The Morgan fingerprint density at radius 3 is 2.39 bits per heavy atom. The summed E-state index contributed by atoms with van der Waals surface area (Å²) in [5, 5.41) is 2.90. The minimum absolute atomic E-state index is 0.00141. The highest BCUT2D eigenvalue weighted by molar-refractivity contribution is 5.87. The smallest absolute Gasteiger partial charge is 0.242 e. The quantitative estimate of drug-likeness (QED) is 0.666. The molecule has 1 aliphatic heterocycles. The number of carbonyl (C=O) groups excluding carboxylic acids is 2. The fraction of sp³-hybridized carbons (Fsp3) is 0.417. The van der Waals surface area contributed by atoms with E-state index in [0.717, 1.165) is 22.6 Å². The maximum absolute atomic E-state index is 13.2. The first-order chi connectivity index (χ1) is 14.9. The zero-order valence-corrected chi connectivity index (χ0v) is 18.5. The molecule has 1 atom stereocenters. The van der Waals surface area contributed by atoms with Crippen LogP contribution >= 0.6 is 0 Å². The summed E-state index contributed by atoms with van der Waals surface area (Å²) in [6, 6.07) is 12.6. The number of ether oxygens (including phenoxy) is 3. The first-order valence-electron chi connectivity index (χ1n) is 10.5. The molecular weight excluding hydrogens is 396 g/mol. The molecule has 3 rings (SSSR count). The van der Waals surface area contributed by atoms with E-state index < -0.39 is 6.04 Å². The Labute approximate surface area is 183 Å². The van der Waals surface area contributed by atoms with Crippen LogP contribution in [0.4, 0.5) is 0 Å². The Bertz CT molecular complexity index is 911. The summed E-state index contributed by atoms with van der Waals surface area (Å²) in [4.78, 5) is 27.4. The van der Waals surface area contributed by atoms with Crippen molar-refractivity contribution in [2.24, 2.45) is 0 Å². The number of carbonyl (C=O) groups is 2. The van der Waals surface area contributed by atoms with Gasteiger partial charge in [-0.15, -0.1) is 0 Å². The highest BCUT2D eigenvalue weighted by atomic mass is 16.7. The summed E-state index contributed by atoms with van der Waals surface area (Å²) in [7, 11) is 1.61. The third kappa shape index (κ3) is 5.90. The molecule has 1 heterocycles. The second-order valence-electron chi connectivity index (χ2n) is 7.90. The summed E-state index contributed by atoms with van der Waals surface area (Å²) < 4.78 is 16.0. The summed E-state index contributed by atoms with van der Waals surface area (Å²) >= 11 is 0. The normalized spacial score (nSPS) is 13.1. The predicted molar refractivity (Wildman–Crippen MR) is 117 cm³/mol. The number of nitrogens with one attached hydrogen (secondary N) is 1. The zero-order chi connectivity index (χ0) is 22.4. The number of methoxy groups -OCH3 is 1. The van der Waals surface area contributed by atoms with Crippen molar-refractivity contribution < 1.29 is 23.8 Å². The molecule has 0 bridgehead atoms. The maximum Gasteiger partial charge on any atom is 0.242 e. The Hall–Kier alpha value is -3.22. The van der Waals surface area contributed by atoms with E-state index in [9.17, 15) is 9.59 Å². The molecule has 31 heavy (non-hydrogen) atoms. The van der Waals surface area contributed by atoms with Crippen LogP contribution in [0.15, 0.2) is 42.5 Å². The van der Waals surface area contributed by atoms with Gasteiger partial charge < -0.3 is 24.4 Å². The van der Waals surface area contributed by atoms with Crippen molar-refractivity contribution in [3.63, 3.8) is 0 Å². The molecule has 166 valence electrons. The molecule has 0 spiro atoms. The lowest BCUT2D eigenvalue weighted by Gasteiger charge is -2.29. The van der Waals surface area contributed by atoms with Crippen LogP contribution in [0, 0.1) is 0 Å². The maximum atomic E-state index is 13.2. The van der Waals surface area contributed by atoms with Crippen LogP contribution < -0.4 is 19.5 Å². The Morgan fingerprint density at radius 1 is 1.03 bits per heavy atom. The van der Waals surface area contributed by atoms with E-state index in [2.05, 4.69) is 5.32 Å². The second-order valence-corrected chi connectivity index (χ2v) is 7.90. The topological polar surface area (TPSA) is 77.1 Å². The van der Waals surface area contributed by atoms with Gasteiger partial charge in [-0.25, -0.2) is 0 Å². The SMILES string of the molecule is COc1ccc(CN(C(=O)CCc2ccc3c(c2)OCO3)C(C)C(=O)NC(C)C)cc1.